The molecule has 0 aliphatic carbocycles. The summed E-state index contributed by atoms with van der Waals surface area (Å²) in [6.45, 7) is 2.49. The van der Waals surface area contributed by atoms with Crippen LogP contribution < -0.4 is 5.43 Å². The van der Waals surface area contributed by atoms with Gasteiger partial charge in [-0.15, -0.1) is 0 Å². The lowest BCUT2D eigenvalue weighted by molar-refractivity contribution is -0.402. The minimum atomic E-state index is -0.640. The van der Waals surface area contributed by atoms with E-state index in [0.29, 0.717) is 5.70 Å². The number of nitro groups is 1. The summed E-state index contributed by atoms with van der Waals surface area (Å²) < 4.78 is 4.98. The predicted molar refractivity (Wildman–Crippen MR) is 79.1 cm³/mol. The van der Waals surface area contributed by atoms with Crippen molar-refractivity contribution in [2.45, 2.75) is 13.8 Å². The first kappa shape index (κ1) is 15.9. The Balaban J connectivity index is 2.09. The Labute approximate surface area is 130 Å². The molecule has 0 aromatic carbocycles. The second-order valence-corrected chi connectivity index (χ2v) is 4.42. The number of allylic oxidation sites excluding steroid dienone is 1. The molecule has 0 radical (unpaired) electrons. The summed E-state index contributed by atoms with van der Waals surface area (Å²) in [4.78, 5) is 36.8. The number of aliphatic imine (C=N–C) groups is 1. The first-order valence-electron chi connectivity index (χ1n) is 6.41. The highest BCUT2D eigenvalue weighted by molar-refractivity contribution is 5.93. The van der Waals surface area contributed by atoms with Crippen molar-refractivity contribution in [1.29, 1.82) is 0 Å². The van der Waals surface area contributed by atoms with Crippen LogP contribution in [0.2, 0.25) is 0 Å². The van der Waals surface area contributed by atoms with Gasteiger partial charge in [-0.2, -0.15) is 10.1 Å². The molecular weight excluding hydrogens is 306 g/mol. The fourth-order valence-electron chi connectivity index (χ4n) is 1.78. The number of hydrazine groups is 2. The topological polar surface area (TPSA) is 121 Å². The second kappa shape index (κ2) is 6.56. The van der Waals surface area contributed by atoms with E-state index in [1.807, 2.05) is 0 Å². The van der Waals surface area contributed by atoms with Gasteiger partial charge in [0.2, 0.25) is 11.8 Å². The van der Waals surface area contributed by atoms with Crippen LogP contribution in [0.4, 0.5) is 5.88 Å². The molecule has 2 heterocycles. The summed E-state index contributed by atoms with van der Waals surface area (Å²) in [7, 11) is 0. The van der Waals surface area contributed by atoms with E-state index in [1.165, 1.54) is 50.7 Å². The zero-order chi connectivity index (χ0) is 17.0. The zero-order valence-corrected chi connectivity index (χ0v) is 12.3. The summed E-state index contributed by atoms with van der Waals surface area (Å²) in [6, 6.07) is 2.68. The highest BCUT2D eigenvalue weighted by atomic mass is 16.6. The molecule has 1 aromatic heterocycles. The van der Waals surface area contributed by atoms with Crippen molar-refractivity contribution in [1.82, 2.24) is 15.6 Å². The Morgan fingerprint density at radius 2 is 2.04 bits per heavy atom. The van der Waals surface area contributed by atoms with E-state index in [4.69, 9.17) is 4.42 Å². The van der Waals surface area contributed by atoms with Crippen molar-refractivity contribution in [2.75, 3.05) is 0 Å². The van der Waals surface area contributed by atoms with E-state index >= 15 is 0 Å². The lowest BCUT2D eigenvalue weighted by Crippen LogP contribution is -2.54. The standard InChI is InChI=1S/C13H13N5O5/c1-9(19)17(10(2)20)16-8-14-7-11(15-16)3-4-12-5-6-13(23-12)18(21)22/h3-8,15H,1-2H3/b4-3+. The average Bonchev–Trinajstić information content (AvgIpc) is 2.94. The molecule has 120 valence electrons. The number of imide groups is 1. The normalized spacial score (nSPS) is 13.7. The van der Waals surface area contributed by atoms with Crippen LogP contribution in [0.1, 0.15) is 19.6 Å². The van der Waals surface area contributed by atoms with Crippen molar-refractivity contribution < 1.29 is 18.9 Å². The van der Waals surface area contributed by atoms with Gasteiger partial charge in [0.05, 0.1) is 18.0 Å². The first-order valence-corrected chi connectivity index (χ1v) is 6.41. The largest absolute Gasteiger partial charge is 0.433 e. The van der Waals surface area contributed by atoms with Crippen LogP contribution in [0.5, 0.6) is 0 Å². The van der Waals surface area contributed by atoms with Crippen LogP contribution in [0.25, 0.3) is 6.08 Å². The molecule has 0 bridgehead atoms. The molecule has 0 atom stereocenters. The molecule has 0 unspecified atom stereocenters. The Kier molecular flexibility index (Phi) is 4.55. The molecule has 0 saturated heterocycles. The van der Waals surface area contributed by atoms with Gasteiger partial charge in [0.1, 0.15) is 17.0 Å². The number of rotatable bonds is 4. The van der Waals surface area contributed by atoms with Gasteiger partial charge in [0.15, 0.2) is 0 Å². The summed E-state index contributed by atoms with van der Waals surface area (Å²) in [5.74, 6) is -1.06. The third-order valence-electron chi connectivity index (χ3n) is 2.67. The lowest BCUT2D eigenvalue weighted by atomic mass is 10.3. The number of amides is 2. The quantitative estimate of drug-likeness (QED) is 0.653. The molecule has 1 aliphatic heterocycles. The number of hydrogen-bond acceptors (Lipinski definition) is 8. The van der Waals surface area contributed by atoms with Gasteiger partial charge in [-0.05, 0) is 18.2 Å². The molecule has 0 spiro atoms. The van der Waals surface area contributed by atoms with Gasteiger partial charge in [-0.1, -0.05) is 0 Å². The van der Waals surface area contributed by atoms with Crippen molar-refractivity contribution in [3.8, 4) is 0 Å². The molecule has 1 N–H and O–H groups in total. The van der Waals surface area contributed by atoms with Crippen LogP contribution in [0.3, 0.4) is 0 Å². The van der Waals surface area contributed by atoms with Crippen LogP contribution in [0.15, 0.2) is 39.5 Å². The maximum absolute atomic E-state index is 11.5. The summed E-state index contributed by atoms with van der Waals surface area (Å²) in [5.41, 5.74) is 3.23. The maximum atomic E-state index is 11.5. The van der Waals surface area contributed by atoms with E-state index in [0.717, 1.165) is 10.1 Å². The van der Waals surface area contributed by atoms with E-state index < -0.39 is 16.7 Å². The Morgan fingerprint density at radius 3 is 2.61 bits per heavy atom. The molecule has 1 aromatic rings. The van der Waals surface area contributed by atoms with Crippen molar-refractivity contribution in [3.05, 3.63) is 46.0 Å². The third-order valence-corrected chi connectivity index (χ3v) is 2.67. The van der Waals surface area contributed by atoms with Gasteiger partial charge in [-0.25, -0.2) is 4.99 Å². The van der Waals surface area contributed by atoms with Gasteiger partial charge >= 0.3 is 5.88 Å². The fraction of sp³-hybridized carbons (Fsp3) is 0.154. The fourth-order valence-corrected chi connectivity index (χ4v) is 1.78. The number of nitrogens with zero attached hydrogens (tertiary/aromatic N) is 4. The van der Waals surface area contributed by atoms with E-state index in [-0.39, 0.29) is 11.6 Å². The monoisotopic (exact) mass is 319 g/mol. The highest BCUT2D eigenvalue weighted by Gasteiger charge is 2.22. The Hall–Kier alpha value is -3.43. The van der Waals surface area contributed by atoms with Gasteiger partial charge in [0, 0.05) is 13.8 Å². The second-order valence-electron chi connectivity index (χ2n) is 4.42. The Bertz CT molecular complexity index is 719. The first-order chi connectivity index (χ1) is 10.9. The Morgan fingerprint density at radius 1 is 1.35 bits per heavy atom. The smallest absolute Gasteiger partial charge is 0.401 e. The molecule has 10 nitrogen and oxygen atoms in total. The highest BCUT2D eigenvalue weighted by Crippen LogP contribution is 2.17. The van der Waals surface area contributed by atoms with Crippen LogP contribution in [0, 0.1) is 10.1 Å². The molecule has 2 rings (SSSR count). The van der Waals surface area contributed by atoms with E-state index in [1.54, 1.807) is 0 Å². The minimum absolute atomic E-state index is 0.274. The number of furan rings is 1. The average molecular weight is 319 g/mol. The number of nitrogens with one attached hydrogen (secondary N) is 1. The van der Waals surface area contributed by atoms with Crippen LogP contribution >= 0.6 is 0 Å². The molecular formula is C13H13N5O5. The van der Waals surface area contributed by atoms with Crippen molar-refractivity contribution in [3.63, 3.8) is 0 Å². The summed E-state index contributed by atoms with van der Waals surface area (Å²) >= 11 is 0. The zero-order valence-electron chi connectivity index (χ0n) is 12.3. The molecule has 23 heavy (non-hydrogen) atoms. The maximum Gasteiger partial charge on any atom is 0.433 e. The summed E-state index contributed by atoms with van der Waals surface area (Å²) in [5, 5.41) is 12.5. The van der Waals surface area contributed by atoms with Gasteiger partial charge in [-0.3, -0.25) is 25.1 Å². The number of carbonyl (C=O) groups excluding carboxylic acids is 2. The van der Waals surface area contributed by atoms with Crippen molar-refractivity contribution >= 4 is 30.1 Å². The molecule has 2 amide bonds. The van der Waals surface area contributed by atoms with Gasteiger partial charge in [0.25, 0.3) is 0 Å². The van der Waals surface area contributed by atoms with Crippen molar-refractivity contribution in [2.24, 2.45) is 4.99 Å². The van der Waals surface area contributed by atoms with E-state index in [9.17, 15) is 19.7 Å². The van der Waals surface area contributed by atoms with E-state index in [2.05, 4.69) is 10.4 Å². The molecule has 0 fully saturated rings. The van der Waals surface area contributed by atoms with Crippen LogP contribution in [-0.4, -0.2) is 33.2 Å². The SMILES string of the molecule is CC(=O)N(C(C)=O)N1C=NC=C(/C=C/c2ccc([N+](=O)[O-])o2)N1. The molecule has 0 saturated carbocycles. The summed E-state index contributed by atoms with van der Waals surface area (Å²) in [6.07, 6.45) is 5.72. The third kappa shape index (κ3) is 3.81. The predicted octanol–water partition coefficient (Wildman–Crippen LogP) is 1.20. The molecule has 10 heteroatoms. The lowest BCUT2D eigenvalue weighted by Gasteiger charge is -2.31. The van der Waals surface area contributed by atoms with Crippen LogP contribution in [-0.2, 0) is 9.59 Å². The number of hydrogen-bond donors (Lipinski definition) is 1. The minimum Gasteiger partial charge on any atom is -0.401 e. The van der Waals surface area contributed by atoms with Gasteiger partial charge < -0.3 is 4.42 Å². The molecule has 1 aliphatic rings. The number of carbonyl (C=O) groups is 2.